The first-order valence-corrected chi connectivity index (χ1v) is 9.77. The molecule has 3 N–H and O–H groups in total. The minimum atomic E-state index is -4.19. The second-order valence-corrected chi connectivity index (χ2v) is 7.25. The van der Waals surface area contributed by atoms with Crippen molar-refractivity contribution in [2.75, 3.05) is 0 Å². The van der Waals surface area contributed by atoms with Crippen LogP contribution in [0.2, 0.25) is 0 Å². The summed E-state index contributed by atoms with van der Waals surface area (Å²) in [6, 6.07) is 27.6. The Bertz CT molecular complexity index is 979. The Hall–Kier alpha value is -2.32. The maximum absolute atomic E-state index is 8.83. The molecule has 0 bridgehead atoms. The van der Waals surface area contributed by atoms with E-state index in [2.05, 4.69) is 89.5 Å². The molecule has 0 saturated carbocycles. The molecule has 0 atom stereocenters. The Morgan fingerprint density at radius 3 is 1.81 bits per heavy atom. The first-order valence-electron chi connectivity index (χ1n) is 7.64. The molecule has 2 aromatic heterocycles. The van der Waals surface area contributed by atoms with Crippen molar-refractivity contribution in [3.05, 3.63) is 85.1 Å². The second-order valence-electron chi connectivity index (χ2n) is 5.35. The van der Waals surface area contributed by atoms with Gasteiger partial charge in [0, 0.05) is 17.7 Å². The fraction of sp³-hybridized carbons (Fsp3) is 0. The molecule has 26 heavy (non-hydrogen) atoms. The van der Waals surface area contributed by atoms with Crippen LogP contribution in [0.25, 0.3) is 26.5 Å². The van der Waals surface area contributed by atoms with E-state index in [9.17, 15) is 0 Å². The average Bonchev–Trinajstić information content (AvgIpc) is 3.01. The van der Waals surface area contributed by atoms with Gasteiger partial charge in [-0.3, -0.25) is 0 Å². The predicted octanol–water partition coefficient (Wildman–Crippen LogP) is 1.96. The van der Waals surface area contributed by atoms with Gasteiger partial charge in [0.25, 0.3) is 4.83 Å². The minimum Gasteiger partial charge on any atom is -0.150 e. The number of nitrogens with zero attached hydrogens (tertiary/aromatic N) is 1. The molecule has 4 rings (SSSR count). The molecule has 0 fully saturated rings. The van der Waals surface area contributed by atoms with E-state index in [1.807, 2.05) is 11.3 Å². The monoisotopic (exact) mass is 390 g/mol. The summed E-state index contributed by atoms with van der Waals surface area (Å²) in [6.45, 7) is 0. The molecule has 0 unspecified atom stereocenters. The maximum Gasteiger partial charge on any atom is 0.268 e. The van der Waals surface area contributed by atoms with Gasteiger partial charge in [0.05, 0.1) is 0 Å². The van der Waals surface area contributed by atoms with E-state index < -0.39 is 10.2 Å². The summed E-state index contributed by atoms with van der Waals surface area (Å²) >= 11 is 1.83. The molecular formula is C19H17ClNO4S+. The van der Waals surface area contributed by atoms with Crippen molar-refractivity contribution in [1.82, 2.24) is 0 Å². The summed E-state index contributed by atoms with van der Waals surface area (Å²) in [5.41, 5.74) is 3.78. The molecule has 7 heteroatoms. The summed E-state index contributed by atoms with van der Waals surface area (Å²) in [4.78, 5) is 2.57. The molecule has 0 amide bonds. The predicted molar refractivity (Wildman–Crippen MR) is 95.0 cm³/mol. The van der Waals surface area contributed by atoms with E-state index in [0.717, 1.165) is 0 Å². The maximum atomic E-state index is 8.83. The van der Waals surface area contributed by atoms with Crippen LogP contribution >= 0.6 is 11.3 Å². The molecule has 4 aromatic rings. The number of benzene rings is 2. The molecule has 0 saturated heterocycles. The standard InChI is InChI=1S/C19H14NS.ClH3O4/c1-3-9-15(10-4-1)18-19(16-11-5-2-6-12-16)21-17-13-7-8-14-20(17)18;2-1(3,4)5/h1-14H;2-4H/q+1;. The van der Waals surface area contributed by atoms with Crippen LogP contribution in [0, 0.1) is 10.2 Å². The van der Waals surface area contributed by atoms with E-state index in [0.29, 0.717) is 0 Å². The quantitative estimate of drug-likeness (QED) is 0.456. The van der Waals surface area contributed by atoms with Gasteiger partial charge >= 0.3 is 28.9 Å². The zero-order chi connectivity index (χ0) is 18.6. The first kappa shape index (κ1) is 18.5. The largest absolute Gasteiger partial charge is 0.268 e. The average molecular weight is 391 g/mol. The van der Waals surface area contributed by atoms with E-state index in [1.165, 1.54) is 26.5 Å². The Labute approximate surface area is 156 Å². The van der Waals surface area contributed by atoms with Gasteiger partial charge in [-0.15, -0.1) is 4.40 Å². The molecule has 2 heterocycles. The van der Waals surface area contributed by atoms with Crippen molar-refractivity contribution in [2.24, 2.45) is 0 Å². The number of rotatable bonds is 2. The molecule has 2 aromatic carbocycles. The molecule has 0 aliphatic carbocycles. The summed E-state index contributed by atoms with van der Waals surface area (Å²) in [5.74, 6) is 0. The minimum absolute atomic E-state index is 1.25. The van der Waals surface area contributed by atoms with Gasteiger partial charge in [-0.25, -0.2) is 0 Å². The van der Waals surface area contributed by atoms with E-state index in [-0.39, 0.29) is 0 Å². The molecule has 134 valence electrons. The summed E-state index contributed by atoms with van der Waals surface area (Å²) in [5, 5.41) is 0. The van der Waals surface area contributed by atoms with Gasteiger partial charge in [-0.05, 0) is 23.8 Å². The van der Waals surface area contributed by atoms with Crippen LogP contribution in [-0.4, -0.2) is 14.0 Å². The van der Waals surface area contributed by atoms with Crippen molar-refractivity contribution >= 4 is 16.2 Å². The molecule has 0 aliphatic rings. The van der Waals surface area contributed by atoms with Crippen LogP contribution in [0.4, 0.5) is 0 Å². The fourth-order valence-electron chi connectivity index (χ4n) is 2.61. The van der Waals surface area contributed by atoms with Crippen molar-refractivity contribution < 1.29 is 33.3 Å². The van der Waals surface area contributed by atoms with E-state index >= 15 is 0 Å². The van der Waals surface area contributed by atoms with Gasteiger partial charge < -0.3 is 0 Å². The first-order chi connectivity index (χ1) is 12.4. The Morgan fingerprint density at radius 2 is 1.23 bits per heavy atom. The van der Waals surface area contributed by atoms with Crippen molar-refractivity contribution in [2.45, 2.75) is 0 Å². The zero-order valence-electron chi connectivity index (χ0n) is 13.6. The number of hydrogen-bond acceptors (Lipinski definition) is 5. The smallest absolute Gasteiger partial charge is 0.150 e. The third kappa shape index (κ3) is 4.64. The number of thiazole rings is 1. The summed E-state index contributed by atoms with van der Waals surface area (Å²) in [7, 11) is -4.19. The van der Waals surface area contributed by atoms with Crippen molar-refractivity contribution in [1.29, 1.82) is 0 Å². The third-order valence-electron chi connectivity index (χ3n) is 3.57. The number of halogens is 1. The van der Waals surface area contributed by atoms with Gasteiger partial charge in [-0.2, -0.15) is 0 Å². The molecule has 5 nitrogen and oxygen atoms in total. The number of hydrogen-bond donors (Lipinski definition) is 3. The number of aromatic nitrogens is 1. The molecule has 0 aliphatic heterocycles. The van der Waals surface area contributed by atoms with Crippen LogP contribution in [0.15, 0.2) is 85.1 Å². The van der Waals surface area contributed by atoms with Crippen LogP contribution < -0.4 is 9.06 Å². The van der Waals surface area contributed by atoms with Crippen molar-refractivity contribution in [3.8, 4) is 21.7 Å². The van der Waals surface area contributed by atoms with Gasteiger partial charge in [-0.1, -0.05) is 59.9 Å². The molecular weight excluding hydrogens is 374 g/mol. The summed E-state index contributed by atoms with van der Waals surface area (Å²) < 4.78 is 32.5. The van der Waals surface area contributed by atoms with Gasteiger partial charge in [0.15, 0.2) is 6.20 Å². The second kappa shape index (κ2) is 7.92. The zero-order valence-corrected chi connectivity index (χ0v) is 15.1. The van der Waals surface area contributed by atoms with Gasteiger partial charge in [0.2, 0.25) is 5.69 Å². The van der Waals surface area contributed by atoms with Crippen LogP contribution in [-0.2, 0) is 0 Å². The topological polar surface area (TPSA) is 87.8 Å². The fourth-order valence-corrected chi connectivity index (χ4v) is 3.78. The van der Waals surface area contributed by atoms with E-state index in [4.69, 9.17) is 18.6 Å². The van der Waals surface area contributed by atoms with Crippen LogP contribution in [0.3, 0.4) is 0 Å². The Morgan fingerprint density at radius 1 is 0.731 bits per heavy atom. The normalized spacial score (nSPS) is 11.7. The van der Waals surface area contributed by atoms with Crippen molar-refractivity contribution in [3.63, 3.8) is 0 Å². The van der Waals surface area contributed by atoms with Crippen LogP contribution in [0.1, 0.15) is 0 Å². The van der Waals surface area contributed by atoms with E-state index in [1.54, 1.807) is 0 Å². The Balaban J connectivity index is 0.000000349. The Kier molecular flexibility index (Phi) is 5.63. The molecule has 0 spiro atoms. The number of pyridine rings is 1. The summed E-state index contributed by atoms with van der Waals surface area (Å²) in [6.07, 6.45) is 2.14. The van der Waals surface area contributed by atoms with Crippen LogP contribution in [0.5, 0.6) is 0 Å². The third-order valence-corrected chi connectivity index (χ3v) is 4.74. The molecule has 0 radical (unpaired) electrons. The number of fused-ring (bicyclic) bond motifs is 1. The van der Waals surface area contributed by atoms with Gasteiger partial charge in [0.1, 0.15) is 4.88 Å². The SMILES string of the molecule is [O-][Cl+](O)(O)O.c1ccc(-c2sc3cccc[n+]3c2-c2ccccc2)cc1.